The molecule has 0 bridgehead atoms. The fourth-order valence-electron chi connectivity index (χ4n) is 3.63. The van der Waals surface area contributed by atoms with Gasteiger partial charge in [-0.1, -0.05) is 39.0 Å². The first-order valence-corrected chi connectivity index (χ1v) is 17.1. The number of hydrogen-bond donors (Lipinski definition) is 3. The number of aliphatic carboxylic acids is 1. The molecule has 0 aliphatic carbocycles. The van der Waals surface area contributed by atoms with Gasteiger partial charge >= 0.3 is 13.7 Å². The van der Waals surface area contributed by atoms with Gasteiger partial charge in [-0.3, -0.25) is 18.7 Å². The molecule has 3 aromatic rings. The van der Waals surface area contributed by atoms with Gasteiger partial charge in [-0.05, 0) is 43.3 Å². The smallest absolute Gasteiger partial charge is 0.459 e. The maximum Gasteiger partial charge on any atom is 0.459 e. The molecule has 2 aromatic heterocycles. The van der Waals surface area contributed by atoms with Crippen LogP contribution in [-0.4, -0.2) is 57.7 Å². The van der Waals surface area contributed by atoms with Crippen molar-refractivity contribution in [3.63, 3.8) is 0 Å². The lowest BCUT2D eigenvalue weighted by atomic mass is 10.2. The summed E-state index contributed by atoms with van der Waals surface area (Å²) in [5.41, 5.74) is 0.0652. The van der Waals surface area contributed by atoms with Crippen LogP contribution in [0.2, 0.25) is 18.1 Å². The van der Waals surface area contributed by atoms with Crippen LogP contribution in [0.1, 0.15) is 33.9 Å². The number of rotatable bonds is 11. The molecule has 1 aliphatic rings. The normalized spacial score (nSPS) is 20.0. The molecule has 13 nitrogen and oxygen atoms in total. The zero-order valence-corrected chi connectivity index (χ0v) is 25.0. The monoisotopic (exact) mass is 591 g/mol. The molecule has 0 saturated heterocycles. The number of fused-ring (bicyclic) bond motifs is 1. The molecule has 15 heteroatoms. The van der Waals surface area contributed by atoms with Crippen molar-refractivity contribution in [3.8, 4) is 5.75 Å². The summed E-state index contributed by atoms with van der Waals surface area (Å²) in [5.74, 6) is -0.716. The van der Waals surface area contributed by atoms with E-state index in [1.165, 1.54) is 19.6 Å². The summed E-state index contributed by atoms with van der Waals surface area (Å²) in [6.07, 6.45) is 3.06. The van der Waals surface area contributed by atoms with Gasteiger partial charge < -0.3 is 23.8 Å². The van der Waals surface area contributed by atoms with E-state index in [1.807, 2.05) is 0 Å². The van der Waals surface area contributed by atoms with Crippen LogP contribution < -0.4 is 15.2 Å². The van der Waals surface area contributed by atoms with E-state index in [0.717, 1.165) is 0 Å². The Labute approximate surface area is 232 Å². The van der Waals surface area contributed by atoms with Crippen LogP contribution in [0.4, 0.5) is 0 Å². The Morgan fingerprint density at radius 1 is 1.27 bits per heavy atom. The minimum absolute atomic E-state index is 0.118. The van der Waals surface area contributed by atoms with Gasteiger partial charge in [-0.15, -0.1) is 0 Å². The van der Waals surface area contributed by atoms with Crippen molar-refractivity contribution in [3.05, 3.63) is 65.2 Å². The van der Waals surface area contributed by atoms with Gasteiger partial charge in [0, 0.05) is 0 Å². The minimum Gasteiger partial charge on any atom is -0.480 e. The third-order valence-corrected chi connectivity index (χ3v) is 12.9. The Kier molecular flexibility index (Phi) is 8.38. The van der Waals surface area contributed by atoms with Crippen molar-refractivity contribution < 1.29 is 32.7 Å². The first-order chi connectivity index (χ1) is 18.7. The van der Waals surface area contributed by atoms with E-state index in [9.17, 15) is 19.3 Å². The van der Waals surface area contributed by atoms with E-state index in [2.05, 4.69) is 53.9 Å². The lowest BCUT2D eigenvalue weighted by Gasteiger charge is -2.39. The number of carbonyl (C=O) groups is 1. The Balaban J connectivity index is 1.62. The number of carboxylic acid groups (broad SMARTS) is 1. The number of ether oxygens (including phenoxy) is 1. The number of hydrogen-bond acceptors (Lipinski definition) is 9. The van der Waals surface area contributed by atoms with Crippen molar-refractivity contribution in [2.45, 2.75) is 64.2 Å². The van der Waals surface area contributed by atoms with Crippen LogP contribution in [0.5, 0.6) is 5.75 Å². The highest BCUT2D eigenvalue weighted by Gasteiger charge is 2.44. The molecule has 1 aliphatic heterocycles. The van der Waals surface area contributed by atoms with Gasteiger partial charge in [0.15, 0.2) is 19.5 Å². The van der Waals surface area contributed by atoms with Gasteiger partial charge in [-0.25, -0.2) is 14.5 Å². The molecule has 3 N–H and O–H groups in total. The van der Waals surface area contributed by atoms with Gasteiger partial charge in [-0.2, -0.15) is 5.09 Å². The van der Waals surface area contributed by atoms with Gasteiger partial charge in [0.25, 0.3) is 5.56 Å². The predicted molar refractivity (Wildman–Crippen MR) is 149 cm³/mol. The highest BCUT2D eigenvalue weighted by atomic mass is 31.2. The highest BCUT2D eigenvalue weighted by Crippen LogP contribution is 2.46. The number of benzene rings is 1. The summed E-state index contributed by atoms with van der Waals surface area (Å²) in [5, 5.41) is 11.7. The lowest BCUT2D eigenvalue weighted by molar-refractivity contribution is -0.138. The number of nitrogens with one attached hydrogen (secondary N) is 2. The number of nitrogens with zero attached hydrogens (tertiary/aromatic N) is 3. The highest BCUT2D eigenvalue weighted by molar-refractivity contribution is 7.52. The first kappa shape index (κ1) is 29.7. The van der Waals surface area contributed by atoms with E-state index in [4.69, 9.17) is 18.2 Å². The van der Waals surface area contributed by atoms with E-state index >= 15 is 0 Å². The first-order valence-electron chi connectivity index (χ1n) is 12.6. The average Bonchev–Trinajstić information content (AvgIpc) is 3.47. The van der Waals surface area contributed by atoms with E-state index < -0.39 is 46.0 Å². The van der Waals surface area contributed by atoms with Crippen LogP contribution in [0.3, 0.4) is 0 Å². The third-order valence-electron chi connectivity index (χ3n) is 6.85. The molecule has 3 heterocycles. The van der Waals surface area contributed by atoms with Crippen molar-refractivity contribution in [2.75, 3.05) is 6.61 Å². The Bertz CT molecular complexity index is 1500. The summed E-state index contributed by atoms with van der Waals surface area (Å²) in [6.45, 7) is 11.5. The van der Waals surface area contributed by atoms with Gasteiger partial charge in [0.2, 0.25) is 6.23 Å². The lowest BCUT2D eigenvalue weighted by Crippen LogP contribution is -2.45. The molecule has 1 unspecified atom stereocenters. The summed E-state index contributed by atoms with van der Waals surface area (Å²) >= 11 is 0. The maximum absolute atomic E-state index is 13.6. The SMILES string of the molecule is CC(N[P@](=O)(OCC1=C[C@@H](O[Si](C)(C)C(C)(C)C)[C@H](n2cnc3c(=O)[nH]cnc32)O1)Oc1ccccc1)C(=O)O. The number of imidazole rings is 1. The molecule has 216 valence electrons. The standard InChI is InChI=1S/C25H34N5O8PSi/c1-16(24(32)33)29-39(34,37-17-10-8-7-9-11-17)35-13-18-12-19(38-40(5,6)25(2,3)4)23(36-18)30-15-28-20-21(30)26-14-27-22(20)31/h7-12,14-16,19,23H,13H2,1-6H3,(H,29,34)(H,32,33)(H,26,27,31)/t16?,19-,23-,39+/m1/s1. The zero-order valence-electron chi connectivity index (χ0n) is 23.2. The Morgan fingerprint density at radius 2 is 1.98 bits per heavy atom. The Hall–Kier alpha value is -3.29. The maximum atomic E-state index is 13.6. The number of aromatic amines is 1. The van der Waals surface area contributed by atoms with Crippen LogP contribution in [0.15, 0.2) is 59.6 Å². The molecule has 0 saturated carbocycles. The van der Waals surface area contributed by atoms with Crippen molar-refractivity contribution in [2.24, 2.45) is 0 Å². The van der Waals surface area contributed by atoms with Crippen molar-refractivity contribution >= 4 is 33.2 Å². The molecule has 0 spiro atoms. The molecule has 1 aromatic carbocycles. The molecular formula is C25H34N5O8PSi. The molecule has 0 fully saturated rings. The summed E-state index contributed by atoms with van der Waals surface area (Å²) < 4.78 is 39.4. The van der Waals surface area contributed by atoms with Crippen LogP contribution >= 0.6 is 7.75 Å². The molecule has 40 heavy (non-hydrogen) atoms. The second-order valence-electron chi connectivity index (χ2n) is 10.9. The quantitative estimate of drug-likeness (QED) is 0.216. The molecule has 0 amide bonds. The molecular weight excluding hydrogens is 557 g/mol. The van der Waals surface area contributed by atoms with Crippen LogP contribution in [0.25, 0.3) is 11.2 Å². The van der Waals surface area contributed by atoms with Crippen molar-refractivity contribution in [1.82, 2.24) is 24.6 Å². The fourth-order valence-corrected chi connectivity index (χ4v) is 6.31. The topological polar surface area (TPSA) is 167 Å². The molecule has 4 rings (SSSR count). The van der Waals surface area contributed by atoms with Gasteiger partial charge in [0.05, 0.1) is 6.33 Å². The van der Waals surface area contributed by atoms with E-state index in [0.29, 0.717) is 5.65 Å². The third kappa shape index (κ3) is 6.53. The van der Waals surface area contributed by atoms with E-state index in [1.54, 1.807) is 41.0 Å². The van der Waals surface area contributed by atoms with Crippen LogP contribution in [0, 0.1) is 0 Å². The second kappa shape index (κ2) is 11.3. The number of carboxylic acids is 1. The number of para-hydroxylation sites is 1. The number of aromatic nitrogens is 4. The minimum atomic E-state index is -4.18. The zero-order chi connectivity index (χ0) is 29.3. The molecule has 0 radical (unpaired) electrons. The fraction of sp³-hybridized carbons (Fsp3) is 0.440. The second-order valence-corrected chi connectivity index (χ2v) is 17.4. The summed E-state index contributed by atoms with van der Waals surface area (Å²) in [4.78, 5) is 34.7. The van der Waals surface area contributed by atoms with Gasteiger partial charge in [0.1, 0.15) is 36.6 Å². The largest absolute Gasteiger partial charge is 0.480 e. The summed E-state index contributed by atoms with van der Waals surface area (Å²) in [6, 6.07) is 7.06. The summed E-state index contributed by atoms with van der Waals surface area (Å²) in [7, 11) is -6.50. The Morgan fingerprint density at radius 3 is 2.62 bits per heavy atom. The van der Waals surface area contributed by atoms with E-state index in [-0.39, 0.29) is 28.7 Å². The van der Waals surface area contributed by atoms with Crippen LogP contribution in [-0.2, 0) is 23.0 Å². The molecule has 4 atom stereocenters. The van der Waals surface area contributed by atoms with Crippen molar-refractivity contribution in [1.29, 1.82) is 0 Å². The predicted octanol–water partition coefficient (Wildman–Crippen LogP) is 4.19. The average molecular weight is 592 g/mol. The number of H-pyrrole nitrogens is 1.